The van der Waals surface area contributed by atoms with Crippen molar-refractivity contribution in [3.05, 3.63) is 30.3 Å². The molecule has 0 spiro atoms. The van der Waals surface area contributed by atoms with Crippen molar-refractivity contribution < 1.29 is 18.6 Å². The van der Waals surface area contributed by atoms with E-state index < -0.39 is 7.87 Å². The van der Waals surface area contributed by atoms with Gasteiger partial charge in [-0.2, -0.15) is 0 Å². The quantitative estimate of drug-likeness (QED) is 0.666. The lowest BCUT2D eigenvalue weighted by molar-refractivity contribution is -0.135. The van der Waals surface area contributed by atoms with Crippen LogP contribution in [-0.2, 0) is 18.6 Å². The van der Waals surface area contributed by atoms with Crippen LogP contribution in [0.5, 0.6) is 0 Å². The van der Waals surface area contributed by atoms with Crippen LogP contribution in [0, 0.1) is 0 Å². The Balaban J connectivity index is 2.08. The second kappa shape index (κ2) is 3.27. The molecule has 0 aromatic heterocycles. The average molecular weight is 238 g/mol. The van der Waals surface area contributed by atoms with Gasteiger partial charge in [0.2, 0.25) is 0 Å². The lowest BCUT2D eigenvalue weighted by atomic mass is 10.4. The van der Waals surface area contributed by atoms with Crippen molar-refractivity contribution in [3.8, 4) is 0 Å². The van der Waals surface area contributed by atoms with Crippen molar-refractivity contribution in [3.63, 3.8) is 0 Å². The van der Waals surface area contributed by atoms with E-state index in [1.54, 1.807) is 4.67 Å². The van der Waals surface area contributed by atoms with E-state index in [1.807, 2.05) is 30.3 Å². The molecule has 1 aromatic rings. The maximum Gasteiger partial charge on any atom is 0.482 e. The zero-order valence-electron chi connectivity index (χ0n) is 8.33. The van der Waals surface area contributed by atoms with Gasteiger partial charge in [-0.1, -0.05) is 22.9 Å². The Bertz CT molecular complexity index is 441. The molecule has 6 heteroatoms. The third kappa shape index (κ3) is 1.25. The van der Waals surface area contributed by atoms with Crippen molar-refractivity contribution in [1.29, 1.82) is 0 Å². The molecule has 2 saturated heterocycles. The van der Waals surface area contributed by atoms with E-state index in [0.29, 0.717) is 0 Å². The fourth-order valence-corrected chi connectivity index (χ4v) is 4.52. The Morgan fingerprint density at radius 2 is 1.56 bits per heavy atom. The molecule has 82 valence electrons. The number of benzene rings is 1. The highest BCUT2D eigenvalue weighted by Gasteiger charge is 2.68. The van der Waals surface area contributed by atoms with Gasteiger partial charge in [-0.25, -0.2) is 18.6 Å². The van der Waals surface area contributed by atoms with Crippen molar-refractivity contribution >= 4 is 25.1 Å². The summed E-state index contributed by atoms with van der Waals surface area (Å²) in [6.45, 7) is 0.267. The molecule has 0 aliphatic carbocycles. The molecule has 2 heterocycles. The first-order chi connectivity index (χ1) is 7.71. The minimum atomic E-state index is -2.64. The van der Waals surface area contributed by atoms with Crippen molar-refractivity contribution in [2.45, 2.75) is 0 Å². The number of carbonyl (C=O) groups is 2. The van der Waals surface area contributed by atoms with Crippen LogP contribution in [0.2, 0.25) is 0 Å². The standard InChI is InChI=1S/C10H9NO4P/c12-9-6-11-7-10(13)15-16(11,14-9)8-4-2-1-3-5-8/h1-5H,6-7H2/q+1. The average Bonchev–Trinajstić information content (AvgIpc) is 2.71. The highest BCUT2D eigenvalue weighted by molar-refractivity contribution is 7.73. The lowest BCUT2D eigenvalue weighted by Crippen LogP contribution is -2.22. The molecule has 0 unspecified atom stereocenters. The Hall–Kier alpha value is -1.45. The van der Waals surface area contributed by atoms with E-state index in [2.05, 4.69) is 0 Å². The summed E-state index contributed by atoms with van der Waals surface area (Å²) < 4.78 is 12.3. The lowest BCUT2D eigenvalue weighted by Gasteiger charge is -2.13. The molecule has 2 aliphatic rings. The summed E-state index contributed by atoms with van der Waals surface area (Å²) in [5, 5.41) is 0.770. The summed E-state index contributed by atoms with van der Waals surface area (Å²) in [6, 6.07) is 9.17. The first kappa shape index (κ1) is 9.75. The van der Waals surface area contributed by atoms with E-state index in [-0.39, 0.29) is 25.0 Å². The fourth-order valence-electron chi connectivity index (χ4n) is 1.89. The summed E-state index contributed by atoms with van der Waals surface area (Å²) >= 11 is 0. The maximum atomic E-state index is 11.3. The minimum Gasteiger partial charge on any atom is -0.245 e. The molecule has 1 aromatic carbocycles. The molecule has 0 saturated carbocycles. The zero-order chi connectivity index (χ0) is 11.2. The monoisotopic (exact) mass is 238 g/mol. The Morgan fingerprint density at radius 3 is 2.12 bits per heavy atom. The summed E-state index contributed by atoms with van der Waals surface area (Å²) in [7, 11) is -2.64. The Morgan fingerprint density at radius 1 is 1.00 bits per heavy atom. The van der Waals surface area contributed by atoms with Gasteiger partial charge in [0.15, 0.2) is 5.30 Å². The molecular weight excluding hydrogens is 229 g/mol. The van der Waals surface area contributed by atoms with E-state index in [4.69, 9.17) is 9.05 Å². The molecule has 0 N–H and O–H groups in total. The first-order valence-corrected chi connectivity index (χ1v) is 6.43. The summed E-state index contributed by atoms with van der Waals surface area (Å²) in [5.41, 5.74) is 0. The number of nitrogens with zero attached hydrogens (tertiary/aromatic N) is 1. The largest absolute Gasteiger partial charge is 0.482 e. The molecule has 0 atom stereocenters. The van der Waals surface area contributed by atoms with Crippen LogP contribution in [-0.4, -0.2) is 29.7 Å². The molecule has 0 bridgehead atoms. The van der Waals surface area contributed by atoms with Crippen molar-refractivity contribution in [2.24, 2.45) is 0 Å². The number of carbonyl (C=O) groups excluding carboxylic acids is 2. The normalized spacial score (nSPS) is 22.8. The molecule has 2 aliphatic heterocycles. The van der Waals surface area contributed by atoms with E-state index in [0.717, 1.165) is 5.30 Å². The third-order valence-corrected chi connectivity index (χ3v) is 5.41. The van der Waals surface area contributed by atoms with Crippen LogP contribution in [0.15, 0.2) is 30.3 Å². The van der Waals surface area contributed by atoms with Gasteiger partial charge in [0.1, 0.15) is 13.1 Å². The summed E-state index contributed by atoms with van der Waals surface area (Å²) in [5.74, 6) is -0.658. The Labute approximate surface area is 92.5 Å². The topological polar surface area (TPSA) is 55.8 Å². The number of fused-ring (bicyclic) bond motifs is 1. The number of rotatable bonds is 1. The van der Waals surface area contributed by atoms with Crippen LogP contribution in [0.25, 0.3) is 0 Å². The molecule has 0 amide bonds. The first-order valence-electron chi connectivity index (χ1n) is 4.86. The summed E-state index contributed by atoms with van der Waals surface area (Å²) in [6.07, 6.45) is 0. The van der Waals surface area contributed by atoms with Gasteiger partial charge in [-0.3, -0.25) is 0 Å². The van der Waals surface area contributed by atoms with Crippen LogP contribution >= 0.6 is 7.87 Å². The van der Waals surface area contributed by atoms with Crippen LogP contribution in [0.1, 0.15) is 0 Å². The van der Waals surface area contributed by atoms with Gasteiger partial charge in [-0.05, 0) is 12.1 Å². The maximum absolute atomic E-state index is 11.3. The smallest absolute Gasteiger partial charge is 0.245 e. The van der Waals surface area contributed by atoms with Gasteiger partial charge in [0.25, 0.3) is 0 Å². The van der Waals surface area contributed by atoms with Gasteiger partial charge in [0.05, 0.1) is 0 Å². The van der Waals surface area contributed by atoms with Crippen LogP contribution < -0.4 is 5.30 Å². The predicted octanol–water partition coefficient (Wildman–Crippen LogP) is 0.490. The third-order valence-electron chi connectivity index (χ3n) is 2.53. The van der Waals surface area contributed by atoms with Gasteiger partial charge in [0, 0.05) is 0 Å². The van der Waals surface area contributed by atoms with E-state index in [9.17, 15) is 9.59 Å². The zero-order valence-corrected chi connectivity index (χ0v) is 9.22. The van der Waals surface area contributed by atoms with Crippen LogP contribution in [0.4, 0.5) is 0 Å². The van der Waals surface area contributed by atoms with Gasteiger partial charge < -0.3 is 0 Å². The van der Waals surface area contributed by atoms with E-state index in [1.165, 1.54) is 0 Å². The molecule has 0 radical (unpaired) electrons. The molecular formula is C10H9NO4P+. The SMILES string of the molecule is O=C1CN2CC(=O)O[P+]2(c2ccccc2)O1. The van der Waals surface area contributed by atoms with Crippen molar-refractivity contribution in [2.75, 3.05) is 13.1 Å². The predicted molar refractivity (Wildman–Crippen MR) is 56.8 cm³/mol. The highest BCUT2D eigenvalue weighted by Crippen LogP contribution is 2.68. The van der Waals surface area contributed by atoms with Crippen LogP contribution in [0.3, 0.4) is 0 Å². The second-order valence-corrected chi connectivity index (χ2v) is 6.09. The second-order valence-electron chi connectivity index (χ2n) is 3.61. The number of hydrogen-bond acceptors (Lipinski definition) is 5. The van der Waals surface area contributed by atoms with Crippen molar-refractivity contribution in [1.82, 2.24) is 4.67 Å². The molecule has 16 heavy (non-hydrogen) atoms. The Kier molecular flexibility index (Phi) is 1.99. The fraction of sp³-hybridized carbons (Fsp3) is 0.200. The molecule has 3 rings (SSSR count). The van der Waals surface area contributed by atoms with E-state index >= 15 is 0 Å². The number of hydrogen-bond donors (Lipinski definition) is 0. The summed E-state index contributed by atoms with van der Waals surface area (Å²) in [4.78, 5) is 22.6. The van der Waals surface area contributed by atoms with Gasteiger partial charge >= 0.3 is 19.8 Å². The molecule has 5 nitrogen and oxygen atoms in total. The molecule has 2 fully saturated rings. The minimum absolute atomic E-state index is 0.133. The van der Waals surface area contributed by atoms with Gasteiger partial charge in [-0.15, -0.1) is 0 Å². The highest BCUT2D eigenvalue weighted by atomic mass is 31.2.